The zero-order valence-corrected chi connectivity index (χ0v) is 42.2. The van der Waals surface area contributed by atoms with Crippen molar-refractivity contribution in [3.63, 3.8) is 0 Å². The number of carbonyl (C=O) groups excluding carboxylic acids is 3. The fourth-order valence-electron chi connectivity index (χ4n) is 7.33. The van der Waals surface area contributed by atoms with Crippen molar-refractivity contribution in [2.24, 2.45) is 0 Å². The van der Waals surface area contributed by atoms with Crippen LogP contribution >= 0.6 is 7.82 Å². The quantitative estimate of drug-likeness (QED) is 0.0197. The van der Waals surface area contributed by atoms with Gasteiger partial charge < -0.3 is 24.2 Å². The third-order valence-electron chi connectivity index (χ3n) is 11.4. The van der Waals surface area contributed by atoms with E-state index in [0.29, 0.717) is 19.3 Å². The van der Waals surface area contributed by atoms with Gasteiger partial charge in [0.1, 0.15) is 12.7 Å². The van der Waals surface area contributed by atoms with Gasteiger partial charge in [-0.2, -0.15) is 0 Å². The lowest BCUT2D eigenvalue weighted by molar-refractivity contribution is -0.161. The van der Waals surface area contributed by atoms with Gasteiger partial charge in [-0.3, -0.25) is 23.4 Å². The van der Waals surface area contributed by atoms with E-state index < -0.39 is 57.8 Å². The van der Waals surface area contributed by atoms with Crippen LogP contribution in [0, 0.1) is 0 Å². The van der Waals surface area contributed by atoms with Crippen molar-refractivity contribution in [2.45, 2.75) is 264 Å². The van der Waals surface area contributed by atoms with Crippen molar-refractivity contribution in [2.75, 3.05) is 26.4 Å². The Morgan fingerprint density at radius 3 is 1.19 bits per heavy atom. The third kappa shape index (κ3) is 45.1. The molecule has 0 saturated heterocycles. The van der Waals surface area contributed by atoms with Crippen molar-refractivity contribution in [1.29, 1.82) is 0 Å². The maximum atomic E-state index is 12.8. The topological polar surface area (TPSA) is 155 Å². The molecule has 3 atom stereocenters. The van der Waals surface area contributed by atoms with E-state index in [1.165, 1.54) is 109 Å². The fraction of sp³-hybridized carbons (Fsp3) is 0.865. The van der Waals surface area contributed by atoms with E-state index in [0.717, 1.165) is 83.5 Å². The molecular weight excluding hydrogens is 832 g/mol. The van der Waals surface area contributed by atoms with E-state index in [4.69, 9.17) is 23.3 Å². The lowest BCUT2D eigenvalue weighted by Crippen LogP contribution is -2.30. The number of unbranched alkanes of at least 4 members (excludes halogenated alkanes) is 28. The highest BCUT2D eigenvalue weighted by atomic mass is 31.2. The molecule has 376 valence electrons. The van der Waals surface area contributed by atoms with Crippen LogP contribution in [-0.4, -0.2) is 66.5 Å². The predicted octanol–water partition coefficient (Wildman–Crippen LogP) is 14.7. The van der Waals surface area contributed by atoms with Gasteiger partial charge >= 0.3 is 25.7 Å². The molecule has 11 nitrogen and oxygen atoms in total. The second kappa shape index (κ2) is 47.5. The van der Waals surface area contributed by atoms with Crippen LogP contribution in [0.25, 0.3) is 0 Å². The summed E-state index contributed by atoms with van der Waals surface area (Å²) >= 11 is 0. The highest BCUT2D eigenvalue weighted by molar-refractivity contribution is 7.47. The first-order chi connectivity index (χ1) is 31.2. The van der Waals surface area contributed by atoms with E-state index in [-0.39, 0.29) is 25.9 Å². The summed E-state index contributed by atoms with van der Waals surface area (Å²) < 4.78 is 39.3. The number of aliphatic hydroxyl groups excluding tert-OH is 1. The van der Waals surface area contributed by atoms with Crippen molar-refractivity contribution >= 4 is 25.7 Å². The standard InChI is InChI=1S/C52H97O11P/c1-4-7-10-13-16-19-21-23-24-26-28-31-34-37-40-43-52(56)63-49(45-59-50(54)41-38-35-32-29-18-15-12-9-6-3)47-61-64(57,58)60-46-48(44-53)62-51(55)42-39-36-33-30-27-25-22-20-17-14-11-8-5-2/h16,19,23-24,48-49,53H,4-15,17-18,20-22,25-47H2,1-3H3,(H,57,58)/b19-16-,24-23-. The predicted molar refractivity (Wildman–Crippen MR) is 261 cm³/mol. The highest BCUT2D eigenvalue weighted by Gasteiger charge is 2.28. The second-order valence-corrected chi connectivity index (χ2v) is 19.2. The first-order valence-corrected chi connectivity index (χ1v) is 27.7. The van der Waals surface area contributed by atoms with Gasteiger partial charge in [-0.1, -0.05) is 206 Å². The van der Waals surface area contributed by atoms with Gasteiger partial charge in [0.05, 0.1) is 19.8 Å². The van der Waals surface area contributed by atoms with Crippen LogP contribution in [0.5, 0.6) is 0 Å². The molecule has 0 rings (SSSR count). The molecule has 0 aromatic rings. The van der Waals surface area contributed by atoms with Crippen LogP contribution in [0.1, 0.15) is 252 Å². The smallest absolute Gasteiger partial charge is 0.462 e. The fourth-order valence-corrected chi connectivity index (χ4v) is 8.11. The molecule has 0 aromatic carbocycles. The summed E-state index contributed by atoms with van der Waals surface area (Å²) in [7, 11) is -4.73. The number of phosphoric ester groups is 1. The summed E-state index contributed by atoms with van der Waals surface area (Å²) in [6.45, 7) is 4.59. The Balaban J connectivity index is 4.69. The molecule has 3 unspecified atom stereocenters. The Bertz CT molecular complexity index is 1180. The molecule has 0 radical (unpaired) electrons. The average Bonchev–Trinajstić information content (AvgIpc) is 3.28. The molecule has 0 heterocycles. The van der Waals surface area contributed by atoms with Crippen molar-refractivity contribution in [1.82, 2.24) is 0 Å². The molecule has 0 aromatic heterocycles. The number of rotatable bonds is 49. The summed E-state index contributed by atoms with van der Waals surface area (Å²) in [6, 6.07) is 0. The largest absolute Gasteiger partial charge is 0.472 e. The van der Waals surface area contributed by atoms with Crippen LogP contribution in [0.3, 0.4) is 0 Å². The van der Waals surface area contributed by atoms with Crippen molar-refractivity contribution in [3.8, 4) is 0 Å². The number of allylic oxidation sites excluding steroid dienone is 4. The Morgan fingerprint density at radius 2 is 0.766 bits per heavy atom. The van der Waals surface area contributed by atoms with E-state index in [1.807, 2.05) is 0 Å². The molecule has 0 amide bonds. The van der Waals surface area contributed by atoms with Crippen molar-refractivity contribution in [3.05, 3.63) is 24.3 Å². The summed E-state index contributed by atoms with van der Waals surface area (Å²) in [6.07, 6.45) is 44.3. The first kappa shape index (κ1) is 62.0. The monoisotopic (exact) mass is 929 g/mol. The molecule has 0 bridgehead atoms. The van der Waals surface area contributed by atoms with Gasteiger partial charge in [0.2, 0.25) is 0 Å². The highest BCUT2D eigenvalue weighted by Crippen LogP contribution is 2.43. The number of esters is 3. The third-order valence-corrected chi connectivity index (χ3v) is 12.3. The molecule has 0 aliphatic rings. The molecule has 0 saturated carbocycles. The van der Waals surface area contributed by atoms with Gasteiger partial charge in [-0.25, -0.2) is 4.57 Å². The molecular formula is C52H97O11P. The van der Waals surface area contributed by atoms with Crippen LogP contribution in [0.4, 0.5) is 0 Å². The molecule has 2 N–H and O–H groups in total. The van der Waals surface area contributed by atoms with Gasteiger partial charge in [0.25, 0.3) is 0 Å². The van der Waals surface area contributed by atoms with Gasteiger partial charge in [0, 0.05) is 19.3 Å². The summed E-state index contributed by atoms with van der Waals surface area (Å²) in [5, 5.41) is 9.76. The zero-order valence-electron chi connectivity index (χ0n) is 41.3. The molecule has 0 aliphatic heterocycles. The number of ether oxygens (including phenoxy) is 3. The van der Waals surface area contributed by atoms with Crippen LogP contribution in [-0.2, 0) is 42.2 Å². The lowest BCUT2D eigenvalue weighted by Gasteiger charge is -2.21. The number of hydrogen-bond donors (Lipinski definition) is 2. The number of aliphatic hydroxyl groups is 1. The Kier molecular flexibility index (Phi) is 45.9. The zero-order chi connectivity index (χ0) is 47.0. The molecule has 0 spiro atoms. The van der Waals surface area contributed by atoms with Crippen LogP contribution in [0.2, 0.25) is 0 Å². The minimum absolute atomic E-state index is 0.156. The molecule has 12 heteroatoms. The number of hydrogen-bond acceptors (Lipinski definition) is 10. The minimum atomic E-state index is -4.73. The summed E-state index contributed by atoms with van der Waals surface area (Å²) in [5.41, 5.74) is 0. The second-order valence-electron chi connectivity index (χ2n) is 17.7. The minimum Gasteiger partial charge on any atom is -0.462 e. The van der Waals surface area contributed by atoms with Gasteiger partial charge in [-0.15, -0.1) is 0 Å². The Labute approximate surface area is 391 Å². The first-order valence-electron chi connectivity index (χ1n) is 26.2. The molecule has 0 fully saturated rings. The van der Waals surface area contributed by atoms with Crippen LogP contribution in [0.15, 0.2) is 24.3 Å². The lowest BCUT2D eigenvalue weighted by atomic mass is 10.0. The maximum absolute atomic E-state index is 12.8. The average molecular weight is 929 g/mol. The van der Waals surface area contributed by atoms with Gasteiger partial charge in [0.15, 0.2) is 6.10 Å². The Hall–Kier alpha value is -2.04. The van der Waals surface area contributed by atoms with E-state index >= 15 is 0 Å². The molecule has 0 aliphatic carbocycles. The number of phosphoric acid groups is 1. The van der Waals surface area contributed by atoms with E-state index in [2.05, 4.69) is 45.1 Å². The maximum Gasteiger partial charge on any atom is 0.472 e. The van der Waals surface area contributed by atoms with Crippen LogP contribution < -0.4 is 0 Å². The summed E-state index contributed by atoms with van der Waals surface area (Å²) in [5.74, 6) is -1.47. The van der Waals surface area contributed by atoms with E-state index in [9.17, 15) is 28.9 Å². The van der Waals surface area contributed by atoms with Crippen molar-refractivity contribution < 1.29 is 52.2 Å². The summed E-state index contributed by atoms with van der Waals surface area (Å²) in [4.78, 5) is 48.2. The normalized spacial score (nSPS) is 13.6. The SMILES string of the molecule is CCCCC/C=C\C/C=C\CCCCCCCC(=O)OC(COC(=O)CCCCCCCCCCC)COP(=O)(O)OCC(CO)OC(=O)CCCCCCCCCCCCCCC. The van der Waals surface area contributed by atoms with Gasteiger partial charge in [-0.05, 0) is 51.4 Å². The molecule has 64 heavy (non-hydrogen) atoms. The van der Waals surface area contributed by atoms with E-state index in [1.54, 1.807) is 0 Å². The Morgan fingerprint density at radius 1 is 0.438 bits per heavy atom. The number of carbonyl (C=O) groups is 3.